The minimum atomic E-state index is -0.669. The van der Waals surface area contributed by atoms with Crippen LogP contribution in [0.3, 0.4) is 0 Å². The van der Waals surface area contributed by atoms with Gasteiger partial charge in [0.25, 0.3) is 11.8 Å². The smallest absolute Gasteiger partial charge is 0.258 e. The van der Waals surface area contributed by atoms with Crippen LogP contribution in [0.5, 0.6) is 5.75 Å². The summed E-state index contributed by atoms with van der Waals surface area (Å²) in [7, 11) is 0. The van der Waals surface area contributed by atoms with Gasteiger partial charge >= 0.3 is 0 Å². The summed E-state index contributed by atoms with van der Waals surface area (Å²) < 4.78 is 11.2. The highest BCUT2D eigenvalue weighted by Crippen LogP contribution is 2.22. The molecular weight excluding hydrogens is 394 g/mol. The van der Waals surface area contributed by atoms with E-state index in [-0.39, 0.29) is 29.9 Å². The third-order valence-electron chi connectivity index (χ3n) is 4.56. The second-order valence-electron chi connectivity index (χ2n) is 6.81. The van der Waals surface area contributed by atoms with Crippen molar-refractivity contribution in [3.63, 3.8) is 0 Å². The van der Waals surface area contributed by atoms with Crippen molar-refractivity contribution in [1.82, 2.24) is 10.2 Å². The molecule has 0 unspecified atom stereocenters. The van der Waals surface area contributed by atoms with Crippen molar-refractivity contribution in [2.75, 3.05) is 32.8 Å². The van der Waals surface area contributed by atoms with Crippen molar-refractivity contribution < 1.29 is 19.1 Å². The Labute approximate surface area is 174 Å². The summed E-state index contributed by atoms with van der Waals surface area (Å²) in [6, 6.07) is 14.7. The molecule has 1 aliphatic heterocycles. The molecule has 2 aromatic carbocycles. The van der Waals surface area contributed by atoms with E-state index in [1.54, 1.807) is 6.07 Å². The monoisotopic (exact) mass is 417 g/mol. The minimum absolute atomic E-state index is 0.0897. The molecule has 3 rings (SSSR count). The fourth-order valence-corrected chi connectivity index (χ4v) is 3.30. The number of primary amides is 1. The number of hydrogen-bond acceptors (Lipinski definition) is 5. The molecule has 3 N–H and O–H groups in total. The van der Waals surface area contributed by atoms with Crippen LogP contribution >= 0.6 is 11.6 Å². The van der Waals surface area contributed by atoms with Crippen molar-refractivity contribution >= 4 is 23.4 Å². The SMILES string of the molecule is NC(=O)c1cc(Cl)ccc1OCC(=O)NC[C@@H]1CN(Cc2ccccc2)CCO1. The highest BCUT2D eigenvalue weighted by atomic mass is 35.5. The van der Waals surface area contributed by atoms with Gasteiger partial charge in [-0.3, -0.25) is 14.5 Å². The zero-order valence-corrected chi connectivity index (χ0v) is 16.7. The van der Waals surface area contributed by atoms with E-state index in [1.165, 1.54) is 17.7 Å². The zero-order valence-electron chi connectivity index (χ0n) is 16.0. The number of ether oxygens (including phenoxy) is 2. The largest absolute Gasteiger partial charge is 0.483 e. The van der Waals surface area contributed by atoms with Gasteiger partial charge in [-0.1, -0.05) is 41.9 Å². The van der Waals surface area contributed by atoms with Crippen LogP contribution in [-0.4, -0.2) is 55.7 Å². The van der Waals surface area contributed by atoms with Crippen molar-refractivity contribution in [3.05, 3.63) is 64.7 Å². The molecule has 1 heterocycles. The number of amides is 2. The molecule has 0 saturated carbocycles. The number of carbonyl (C=O) groups excluding carboxylic acids is 2. The number of nitrogens with one attached hydrogen (secondary N) is 1. The number of hydrogen-bond donors (Lipinski definition) is 2. The van der Waals surface area contributed by atoms with E-state index in [4.69, 9.17) is 26.8 Å². The topological polar surface area (TPSA) is 93.9 Å². The van der Waals surface area contributed by atoms with Crippen LogP contribution in [0.1, 0.15) is 15.9 Å². The average molecular weight is 418 g/mol. The third-order valence-corrected chi connectivity index (χ3v) is 4.80. The Morgan fingerprint density at radius 3 is 2.79 bits per heavy atom. The summed E-state index contributed by atoms with van der Waals surface area (Å²) in [5.74, 6) is -0.754. The molecule has 0 spiro atoms. The maximum atomic E-state index is 12.1. The highest BCUT2D eigenvalue weighted by Gasteiger charge is 2.21. The van der Waals surface area contributed by atoms with Crippen LogP contribution in [0.15, 0.2) is 48.5 Å². The highest BCUT2D eigenvalue weighted by molar-refractivity contribution is 6.31. The molecule has 2 aromatic rings. The molecule has 7 nitrogen and oxygen atoms in total. The van der Waals surface area contributed by atoms with E-state index in [0.29, 0.717) is 18.2 Å². The van der Waals surface area contributed by atoms with E-state index in [0.717, 1.165) is 19.6 Å². The van der Waals surface area contributed by atoms with E-state index in [2.05, 4.69) is 22.3 Å². The van der Waals surface area contributed by atoms with Crippen LogP contribution < -0.4 is 15.8 Å². The van der Waals surface area contributed by atoms with Crippen LogP contribution in [-0.2, 0) is 16.1 Å². The number of halogens is 1. The Bertz CT molecular complexity index is 847. The molecule has 0 bridgehead atoms. The van der Waals surface area contributed by atoms with E-state index >= 15 is 0 Å². The molecular formula is C21H24ClN3O4. The van der Waals surface area contributed by atoms with Gasteiger partial charge in [0.1, 0.15) is 5.75 Å². The second-order valence-corrected chi connectivity index (χ2v) is 7.25. The second kappa shape index (κ2) is 10.2. The van der Waals surface area contributed by atoms with Crippen molar-refractivity contribution in [2.45, 2.75) is 12.6 Å². The van der Waals surface area contributed by atoms with Gasteiger partial charge in [-0.25, -0.2) is 0 Å². The van der Waals surface area contributed by atoms with Gasteiger partial charge in [-0.15, -0.1) is 0 Å². The van der Waals surface area contributed by atoms with Gasteiger partial charge in [0.05, 0.1) is 18.3 Å². The standard InChI is InChI=1S/C21H24ClN3O4/c22-16-6-7-19(18(10-16)21(23)27)29-14-20(26)24-11-17-13-25(8-9-28-17)12-15-4-2-1-3-5-15/h1-7,10,17H,8-9,11-14H2,(H2,23,27)(H,24,26)/t17-/m1/s1. The van der Waals surface area contributed by atoms with Crippen molar-refractivity contribution in [2.24, 2.45) is 5.73 Å². The lowest BCUT2D eigenvalue weighted by molar-refractivity contribution is -0.124. The summed E-state index contributed by atoms with van der Waals surface area (Å²) >= 11 is 5.86. The number of rotatable bonds is 8. The van der Waals surface area contributed by atoms with Crippen LogP contribution in [0.25, 0.3) is 0 Å². The molecule has 1 aliphatic rings. The molecule has 29 heavy (non-hydrogen) atoms. The number of morpholine rings is 1. The molecule has 8 heteroatoms. The molecule has 2 amide bonds. The molecule has 1 fully saturated rings. The van der Waals surface area contributed by atoms with Crippen molar-refractivity contribution in [3.8, 4) is 5.75 Å². The van der Waals surface area contributed by atoms with Gasteiger partial charge in [-0.2, -0.15) is 0 Å². The van der Waals surface area contributed by atoms with Gasteiger partial charge in [0.2, 0.25) is 0 Å². The Hall–Kier alpha value is -2.61. The summed E-state index contributed by atoms with van der Waals surface area (Å²) in [5.41, 5.74) is 6.70. The van der Waals surface area contributed by atoms with Crippen molar-refractivity contribution in [1.29, 1.82) is 0 Å². The number of nitrogens with zero attached hydrogens (tertiary/aromatic N) is 1. The Morgan fingerprint density at radius 1 is 1.24 bits per heavy atom. The average Bonchev–Trinajstić information content (AvgIpc) is 2.72. The lowest BCUT2D eigenvalue weighted by Gasteiger charge is -2.33. The summed E-state index contributed by atoms with van der Waals surface area (Å²) in [6.45, 7) is 3.22. The fraction of sp³-hybridized carbons (Fsp3) is 0.333. The summed E-state index contributed by atoms with van der Waals surface area (Å²) in [5, 5.41) is 3.18. The predicted molar refractivity (Wildman–Crippen MR) is 110 cm³/mol. The van der Waals surface area contributed by atoms with Crippen LogP contribution in [0.4, 0.5) is 0 Å². The first-order chi connectivity index (χ1) is 14.0. The first-order valence-corrected chi connectivity index (χ1v) is 9.76. The maximum Gasteiger partial charge on any atom is 0.258 e. The lowest BCUT2D eigenvalue weighted by atomic mass is 10.2. The van der Waals surface area contributed by atoms with Crippen LogP contribution in [0, 0.1) is 0 Å². The number of benzene rings is 2. The molecule has 1 saturated heterocycles. The van der Waals surface area contributed by atoms with Crippen LogP contribution in [0.2, 0.25) is 5.02 Å². The Kier molecular flexibility index (Phi) is 7.46. The summed E-state index contributed by atoms with van der Waals surface area (Å²) in [6.07, 6.45) is -0.0897. The van der Waals surface area contributed by atoms with Gasteiger partial charge in [0, 0.05) is 31.2 Å². The molecule has 154 valence electrons. The quantitative estimate of drug-likeness (QED) is 0.683. The third kappa shape index (κ3) is 6.45. The Morgan fingerprint density at radius 2 is 2.03 bits per heavy atom. The predicted octanol–water partition coefficient (Wildman–Crippen LogP) is 1.83. The Balaban J connectivity index is 1.44. The van der Waals surface area contributed by atoms with Gasteiger partial charge in [-0.05, 0) is 23.8 Å². The van der Waals surface area contributed by atoms with E-state index in [9.17, 15) is 9.59 Å². The molecule has 1 atom stereocenters. The fourth-order valence-electron chi connectivity index (χ4n) is 3.13. The van der Waals surface area contributed by atoms with E-state index in [1.807, 2.05) is 18.2 Å². The first kappa shape index (κ1) is 21.1. The van der Waals surface area contributed by atoms with Gasteiger partial charge < -0.3 is 20.5 Å². The minimum Gasteiger partial charge on any atom is -0.483 e. The molecule has 0 radical (unpaired) electrons. The normalized spacial score (nSPS) is 16.9. The molecule has 0 aliphatic carbocycles. The van der Waals surface area contributed by atoms with Gasteiger partial charge in [0.15, 0.2) is 6.61 Å². The summed E-state index contributed by atoms with van der Waals surface area (Å²) in [4.78, 5) is 25.9. The first-order valence-electron chi connectivity index (χ1n) is 9.38. The zero-order chi connectivity index (χ0) is 20.6. The molecule has 0 aromatic heterocycles. The van der Waals surface area contributed by atoms with E-state index < -0.39 is 5.91 Å². The lowest BCUT2D eigenvalue weighted by Crippen LogP contribution is -2.47. The maximum absolute atomic E-state index is 12.1. The number of nitrogens with two attached hydrogens (primary N) is 1. The number of carbonyl (C=O) groups is 2.